The Balaban J connectivity index is 1.50. The van der Waals surface area contributed by atoms with Crippen LogP contribution < -0.4 is 0 Å². The second-order valence-electron chi connectivity index (χ2n) is 9.66. The third kappa shape index (κ3) is 4.77. The van der Waals surface area contributed by atoms with Gasteiger partial charge in [0.15, 0.2) is 6.04 Å². The zero-order valence-corrected chi connectivity index (χ0v) is 22.5. The normalized spacial score (nSPS) is 19.7. The van der Waals surface area contributed by atoms with Crippen LogP contribution in [0.5, 0.6) is 0 Å². The summed E-state index contributed by atoms with van der Waals surface area (Å²) in [5, 5.41) is 14.9. The number of carboxylic acids is 1. The number of benzene rings is 1. The lowest BCUT2D eigenvalue weighted by molar-refractivity contribution is -0.145. The number of amides is 2. The minimum Gasteiger partial charge on any atom is -0.480 e. The molecule has 2 aliphatic rings. The predicted molar refractivity (Wildman–Crippen MR) is 135 cm³/mol. The maximum absolute atomic E-state index is 13.8. The minimum absolute atomic E-state index is 0.00664. The number of nitrogens with zero attached hydrogens (tertiary/aromatic N) is 6. The Hall–Kier alpha value is -3.71. The molecule has 40 heavy (non-hydrogen) atoms. The number of hydrogen-bond donors (Lipinski definition) is 1. The summed E-state index contributed by atoms with van der Waals surface area (Å²) in [6, 6.07) is 2.04. The molecular formula is C25H21Cl2F3N6O4. The number of halogens is 5. The van der Waals surface area contributed by atoms with Gasteiger partial charge in [0.25, 0.3) is 11.8 Å². The summed E-state index contributed by atoms with van der Waals surface area (Å²) in [6.45, 7) is 3.05. The summed E-state index contributed by atoms with van der Waals surface area (Å²) >= 11 is 12.1. The van der Waals surface area contributed by atoms with Gasteiger partial charge in [-0.3, -0.25) is 9.59 Å². The van der Waals surface area contributed by atoms with Crippen molar-refractivity contribution in [1.29, 1.82) is 0 Å². The Morgan fingerprint density at radius 3 is 2.42 bits per heavy atom. The van der Waals surface area contributed by atoms with Crippen LogP contribution in [0.1, 0.15) is 69.4 Å². The first-order chi connectivity index (χ1) is 18.8. The van der Waals surface area contributed by atoms with E-state index in [0.717, 1.165) is 12.4 Å². The first-order valence-corrected chi connectivity index (χ1v) is 12.8. The number of rotatable bonds is 4. The Morgan fingerprint density at radius 2 is 1.82 bits per heavy atom. The van der Waals surface area contributed by atoms with Crippen molar-refractivity contribution < 1.29 is 32.7 Å². The molecule has 1 unspecified atom stereocenters. The van der Waals surface area contributed by atoms with E-state index in [0.29, 0.717) is 11.3 Å². The summed E-state index contributed by atoms with van der Waals surface area (Å²) in [4.78, 5) is 48.9. The molecule has 3 aromatic rings. The topological polar surface area (TPSA) is 122 Å². The lowest BCUT2D eigenvalue weighted by Crippen LogP contribution is -2.47. The van der Waals surface area contributed by atoms with Crippen molar-refractivity contribution in [3.05, 3.63) is 74.5 Å². The molecule has 1 N–H and O–H groups in total. The van der Waals surface area contributed by atoms with E-state index in [9.17, 15) is 32.7 Å². The van der Waals surface area contributed by atoms with Crippen LogP contribution in [-0.4, -0.2) is 65.0 Å². The molecular weight excluding hydrogens is 576 g/mol. The van der Waals surface area contributed by atoms with Crippen molar-refractivity contribution in [2.45, 2.75) is 51.1 Å². The van der Waals surface area contributed by atoms with Gasteiger partial charge in [0.1, 0.15) is 5.69 Å². The largest absolute Gasteiger partial charge is 0.480 e. The summed E-state index contributed by atoms with van der Waals surface area (Å²) < 4.78 is 39.9. The highest BCUT2D eigenvalue weighted by molar-refractivity contribution is 6.42. The molecule has 0 saturated heterocycles. The average molecular weight is 597 g/mol. The molecule has 2 aliphatic heterocycles. The van der Waals surface area contributed by atoms with E-state index in [1.165, 1.54) is 27.8 Å². The van der Waals surface area contributed by atoms with Gasteiger partial charge in [-0.2, -0.15) is 18.3 Å². The number of hydrogen-bond acceptors (Lipinski definition) is 6. The Kier molecular flexibility index (Phi) is 6.99. The third-order valence-electron chi connectivity index (χ3n) is 7.16. The number of alkyl halides is 3. The van der Waals surface area contributed by atoms with Crippen molar-refractivity contribution >= 4 is 41.0 Å². The summed E-state index contributed by atoms with van der Waals surface area (Å²) in [5.41, 5.74) is 1.39. The van der Waals surface area contributed by atoms with Crippen molar-refractivity contribution in [1.82, 2.24) is 29.5 Å². The van der Waals surface area contributed by atoms with Crippen LogP contribution in [0, 0.1) is 0 Å². The van der Waals surface area contributed by atoms with Crippen molar-refractivity contribution in [2.75, 3.05) is 6.54 Å². The second-order valence-corrected chi connectivity index (χ2v) is 10.5. The van der Waals surface area contributed by atoms with Crippen LogP contribution in [-0.2, 0) is 23.9 Å². The van der Waals surface area contributed by atoms with Crippen LogP contribution in [0.15, 0.2) is 30.6 Å². The summed E-state index contributed by atoms with van der Waals surface area (Å²) in [7, 11) is 0. The van der Waals surface area contributed by atoms with Gasteiger partial charge in [0.05, 0.1) is 34.9 Å². The van der Waals surface area contributed by atoms with Crippen LogP contribution in [0.3, 0.4) is 0 Å². The minimum atomic E-state index is -4.74. The maximum atomic E-state index is 13.8. The number of aromatic nitrogens is 4. The fourth-order valence-corrected chi connectivity index (χ4v) is 5.26. The van der Waals surface area contributed by atoms with Gasteiger partial charge in [-0.1, -0.05) is 23.2 Å². The molecule has 5 rings (SSSR count). The van der Waals surface area contributed by atoms with Crippen LogP contribution in [0.25, 0.3) is 0 Å². The van der Waals surface area contributed by atoms with E-state index < -0.39 is 36.0 Å². The molecule has 2 aromatic heterocycles. The highest BCUT2D eigenvalue weighted by atomic mass is 35.5. The van der Waals surface area contributed by atoms with Gasteiger partial charge < -0.3 is 14.9 Å². The number of aliphatic carboxylic acids is 1. The Bertz CT molecular complexity index is 1530. The summed E-state index contributed by atoms with van der Waals surface area (Å²) in [6.07, 6.45) is -2.54. The number of carbonyl (C=O) groups excluding carboxylic acids is 2. The number of carbonyl (C=O) groups is 3. The molecule has 0 radical (unpaired) electrons. The summed E-state index contributed by atoms with van der Waals surface area (Å²) in [5.74, 6) is -3.51. The lowest BCUT2D eigenvalue weighted by atomic mass is 9.96. The van der Waals surface area contributed by atoms with Crippen molar-refractivity contribution in [3.63, 3.8) is 0 Å². The second kappa shape index (κ2) is 10.0. The van der Waals surface area contributed by atoms with Crippen LogP contribution in [0.4, 0.5) is 13.2 Å². The monoisotopic (exact) mass is 596 g/mol. The van der Waals surface area contributed by atoms with Crippen molar-refractivity contribution in [2.24, 2.45) is 0 Å². The molecule has 1 aromatic carbocycles. The quantitative estimate of drug-likeness (QED) is 0.473. The van der Waals surface area contributed by atoms with E-state index in [-0.39, 0.29) is 58.3 Å². The van der Waals surface area contributed by atoms with E-state index >= 15 is 0 Å². The van der Waals surface area contributed by atoms with E-state index in [2.05, 4.69) is 15.1 Å². The molecule has 210 valence electrons. The zero-order valence-electron chi connectivity index (χ0n) is 21.0. The molecule has 0 saturated carbocycles. The van der Waals surface area contributed by atoms with Gasteiger partial charge in [0.2, 0.25) is 5.82 Å². The first-order valence-electron chi connectivity index (χ1n) is 12.1. The molecule has 0 bridgehead atoms. The molecule has 0 aliphatic carbocycles. The van der Waals surface area contributed by atoms with Gasteiger partial charge in [-0.05, 0) is 32.0 Å². The molecule has 3 atom stereocenters. The molecule has 10 nitrogen and oxygen atoms in total. The smallest absolute Gasteiger partial charge is 0.451 e. The Morgan fingerprint density at radius 1 is 1.15 bits per heavy atom. The lowest BCUT2D eigenvalue weighted by Gasteiger charge is -2.37. The van der Waals surface area contributed by atoms with Crippen molar-refractivity contribution in [3.8, 4) is 0 Å². The van der Waals surface area contributed by atoms with Gasteiger partial charge in [-0.25, -0.2) is 19.4 Å². The average Bonchev–Trinajstić information content (AvgIpc) is 3.27. The van der Waals surface area contributed by atoms with E-state index in [4.69, 9.17) is 23.2 Å². The van der Waals surface area contributed by atoms with Gasteiger partial charge in [-0.15, -0.1) is 0 Å². The van der Waals surface area contributed by atoms with Gasteiger partial charge in [0, 0.05) is 41.5 Å². The zero-order chi connectivity index (χ0) is 29.1. The Labute approximate surface area is 235 Å². The highest BCUT2D eigenvalue weighted by Crippen LogP contribution is 2.36. The fourth-order valence-electron chi connectivity index (χ4n) is 4.96. The molecule has 0 fully saturated rings. The standard InChI is InChI=1S/C25H21Cl2F3N6O4/c1-11-5-18-15(9-34(11)21(37)13-3-4-16(26)17(27)6-13)20-22(38)35(10-19(23(39)40)36(20)33-18)12(2)14-7-31-24(32-8-14)25(28,29)30/h3-4,6-8,11-12,19H,5,9-10H2,1-2H3,(H,39,40)/t11-,12?,19+/m1/s1. The number of carboxylic acid groups (broad SMARTS) is 1. The molecule has 4 heterocycles. The maximum Gasteiger partial charge on any atom is 0.451 e. The molecule has 0 spiro atoms. The number of fused-ring (bicyclic) bond motifs is 3. The fraction of sp³-hybridized carbons (Fsp3) is 0.360. The predicted octanol–water partition coefficient (Wildman–Crippen LogP) is 4.43. The van der Waals surface area contributed by atoms with Crippen LogP contribution >= 0.6 is 23.2 Å². The van der Waals surface area contributed by atoms with E-state index in [1.807, 2.05) is 6.92 Å². The van der Waals surface area contributed by atoms with Crippen LogP contribution in [0.2, 0.25) is 10.0 Å². The van der Waals surface area contributed by atoms with E-state index in [1.54, 1.807) is 11.8 Å². The molecule has 15 heteroatoms. The first kappa shape index (κ1) is 27.8. The van der Waals surface area contributed by atoms with Gasteiger partial charge >= 0.3 is 12.1 Å². The third-order valence-corrected chi connectivity index (χ3v) is 7.90. The molecule has 2 amide bonds. The highest BCUT2D eigenvalue weighted by Gasteiger charge is 2.44. The SMILES string of the molecule is CC(c1cnc(C(F)(F)F)nc1)N1C[C@@H](C(=O)O)n2nc3c(c2C1=O)CN(C(=O)c1ccc(Cl)c(Cl)c1)[C@H](C)C3.